The second-order valence-corrected chi connectivity index (χ2v) is 37.0. The minimum absolute atomic E-state index is 0.0997. The lowest BCUT2D eigenvalue weighted by Gasteiger charge is -2.43. The molecule has 0 fully saturated rings. The van der Waals surface area contributed by atoms with Crippen molar-refractivity contribution in [2.75, 3.05) is 4.90 Å². The molecule has 0 amide bonds. The Morgan fingerprint density at radius 3 is 0.990 bits per heavy atom. The van der Waals surface area contributed by atoms with Gasteiger partial charge in [0.25, 0.3) is 0 Å². The maximum atomic E-state index is 2.78. The van der Waals surface area contributed by atoms with Crippen LogP contribution in [0, 0.1) is 0 Å². The highest BCUT2D eigenvalue weighted by molar-refractivity contribution is 8.00. The van der Waals surface area contributed by atoms with Crippen LogP contribution in [0.3, 0.4) is 0 Å². The molecule has 2 heterocycles. The van der Waals surface area contributed by atoms with Gasteiger partial charge >= 0.3 is 0 Å². The van der Waals surface area contributed by atoms with E-state index in [2.05, 4.69) is 409 Å². The zero-order chi connectivity index (χ0) is 73.9. The molecule has 13 aromatic rings. The standard InChI is InChI=1S/C102H100BNS/c1-97(2,3)80-52-77(53-81(59-80)98(4,5)6)71-45-46-89-91(58-71)104(95-86(72-43-31-41-69(47-72)65-33-23-19-24-34-65)61-84(101(13,14)15)62-87(95)73-44-32-42-70(48-73)66-35-25-20-26-36-66)92-63-85(102(16,17)18)64-93-94(92)103(89)90-57-78(56-88(96(90)105-93)79-54-82(99(7,8)9)60-83(55-79)100(10,11)12)76-50-74(67-37-27-21-28-38-67)49-75(51-76)68-39-29-22-30-40-68/h19-64H,1-18H3. The van der Waals surface area contributed by atoms with E-state index in [1.165, 1.54) is 171 Å². The smallest absolute Gasteiger partial charge is 0.249 e. The van der Waals surface area contributed by atoms with E-state index in [1.807, 2.05) is 11.8 Å². The van der Waals surface area contributed by atoms with Crippen molar-refractivity contribution in [2.45, 2.75) is 167 Å². The summed E-state index contributed by atoms with van der Waals surface area (Å²) in [6.07, 6.45) is 0. The molecule has 0 unspecified atom stereocenters. The van der Waals surface area contributed by atoms with Crippen LogP contribution in [0.1, 0.15) is 158 Å². The third kappa shape index (κ3) is 14.0. The number of nitrogens with zero attached hydrogens (tertiary/aromatic N) is 1. The Bertz CT molecular complexity index is 5260. The highest BCUT2D eigenvalue weighted by Gasteiger charge is 2.45. The maximum Gasteiger partial charge on any atom is 0.249 e. The van der Waals surface area contributed by atoms with Crippen LogP contribution in [0.15, 0.2) is 289 Å². The van der Waals surface area contributed by atoms with Gasteiger partial charge in [-0.25, -0.2) is 0 Å². The van der Waals surface area contributed by atoms with E-state index < -0.39 is 0 Å². The van der Waals surface area contributed by atoms with E-state index in [9.17, 15) is 0 Å². The fraction of sp³-hybridized carbons (Fsp3) is 0.235. The molecule has 105 heavy (non-hydrogen) atoms. The average Bonchev–Trinajstić information content (AvgIpc) is 0.693. The van der Waals surface area contributed by atoms with Gasteiger partial charge in [0.1, 0.15) is 0 Å². The molecule has 0 atom stereocenters. The molecule has 2 aliphatic heterocycles. The van der Waals surface area contributed by atoms with E-state index >= 15 is 0 Å². The summed E-state index contributed by atoms with van der Waals surface area (Å²) in [7, 11) is 0. The largest absolute Gasteiger partial charge is 0.310 e. The Morgan fingerprint density at radius 1 is 0.229 bits per heavy atom. The average molecular weight is 1380 g/mol. The summed E-state index contributed by atoms with van der Waals surface area (Å²) >= 11 is 1.99. The van der Waals surface area contributed by atoms with Crippen LogP contribution in [-0.4, -0.2) is 6.71 Å². The summed E-state index contributed by atoms with van der Waals surface area (Å²) < 4.78 is 0. The lowest BCUT2D eigenvalue weighted by Crippen LogP contribution is -2.60. The topological polar surface area (TPSA) is 3.24 Å². The summed E-state index contributed by atoms with van der Waals surface area (Å²) in [6.45, 7) is 42.6. The second-order valence-electron chi connectivity index (χ2n) is 35.9. The molecular formula is C102H100BNS. The predicted molar refractivity (Wildman–Crippen MR) is 457 cm³/mol. The molecular weight excluding hydrogens is 1280 g/mol. The molecule has 0 N–H and O–H groups in total. The van der Waals surface area contributed by atoms with Crippen molar-refractivity contribution < 1.29 is 0 Å². The van der Waals surface area contributed by atoms with Crippen molar-refractivity contribution in [1.29, 1.82) is 0 Å². The Hall–Kier alpha value is -9.93. The SMILES string of the molecule is CC(C)(C)c1cc(-c2ccc3c(c2)N(c2c(-c4cccc(-c5ccccc5)c4)cc(C(C)(C)C)cc2-c2cccc(-c4ccccc4)c2)c2cc(C(C)(C)C)cc4c2B3c2cc(-c3cc(-c5ccccc5)cc(-c5ccccc5)c3)cc(-c3cc(C(C)(C)C)cc(C(C)(C)C)c3)c2S4)cc(C(C)(C)C)c1. The molecule has 0 aliphatic carbocycles. The summed E-state index contributed by atoms with van der Waals surface area (Å²) in [5, 5.41) is 0. The van der Waals surface area contributed by atoms with Crippen molar-refractivity contribution in [3.63, 3.8) is 0 Å². The van der Waals surface area contributed by atoms with Gasteiger partial charge in [0.15, 0.2) is 0 Å². The van der Waals surface area contributed by atoms with Gasteiger partial charge in [-0.3, -0.25) is 0 Å². The lowest BCUT2D eigenvalue weighted by molar-refractivity contribution is 0.568. The predicted octanol–water partition coefficient (Wildman–Crippen LogP) is 27.2. The fourth-order valence-electron chi connectivity index (χ4n) is 15.5. The molecule has 0 bridgehead atoms. The minimum atomic E-state index is -0.238. The number of rotatable bonds is 10. The number of benzene rings is 13. The first kappa shape index (κ1) is 70.7. The molecule has 0 spiro atoms. The first-order valence-electron chi connectivity index (χ1n) is 37.9. The first-order chi connectivity index (χ1) is 49.8. The molecule has 3 heteroatoms. The number of hydrogen-bond acceptors (Lipinski definition) is 2. The molecule has 0 aromatic heterocycles. The van der Waals surface area contributed by atoms with Crippen molar-refractivity contribution >= 4 is 51.9 Å². The van der Waals surface area contributed by atoms with Gasteiger partial charge in [0.05, 0.1) is 5.69 Å². The molecule has 1 nitrogen and oxygen atoms in total. The summed E-state index contributed by atoms with van der Waals surface area (Å²) in [5.41, 5.74) is 36.0. The summed E-state index contributed by atoms with van der Waals surface area (Å²) in [6, 6.07) is 108. The Morgan fingerprint density at radius 2 is 0.562 bits per heavy atom. The molecule has 13 aromatic carbocycles. The third-order valence-electron chi connectivity index (χ3n) is 22.0. The van der Waals surface area contributed by atoms with Gasteiger partial charge in [-0.1, -0.05) is 354 Å². The quantitative estimate of drug-likeness (QED) is 0.126. The van der Waals surface area contributed by atoms with Crippen LogP contribution in [0.2, 0.25) is 0 Å². The third-order valence-corrected chi connectivity index (χ3v) is 23.2. The van der Waals surface area contributed by atoms with E-state index in [0.29, 0.717) is 0 Å². The molecule has 2 aliphatic rings. The van der Waals surface area contributed by atoms with Gasteiger partial charge in [-0.05, 0) is 233 Å². The van der Waals surface area contributed by atoms with Gasteiger partial charge in [-0.15, -0.1) is 0 Å². The normalized spacial score (nSPS) is 13.2. The van der Waals surface area contributed by atoms with Crippen LogP contribution in [0.25, 0.3) is 100 Å². The van der Waals surface area contributed by atoms with E-state index in [-0.39, 0.29) is 39.2 Å². The lowest BCUT2D eigenvalue weighted by atomic mass is 9.34. The molecule has 15 rings (SSSR count). The molecule has 0 saturated heterocycles. The maximum absolute atomic E-state index is 2.78. The Balaban J connectivity index is 1.11. The Kier molecular flexibility index (Phi) is 17.9. The van der Waals surface area contributed by atoms with Crippen molar-refractivity contribution in [3.8, 4) is 100 Å². The molecule has 522 valence electrons. The van der Waals surface area contributed by atoms with Crippen LogP contribution in [0.5, 0.6) is 0 Å². The Labute approximate surface area is 632 Å². The first-order valence-corrected chi connectivity index (χ1v) is 38.7. The number of fused-ring (bicyclic) bond motifs is 4. The van der Waals surface area contributed by atoms with E-state index in [1.54, 1.807) is 0 Å². The molecule has 0 radical (unpaired) electrons. The van der Waals surface area contributed by atoms with Gasteiger partial charge in [-0.2, -0.15) is 0 Å². The van der Waals surface area contributed by atoms with Crippen LogP contribution < -0.4 is 21.3 Å². The zero-order valence-corrected chi connectivity index (χ0v) is 65.8. The summed E-state index contributed by atoms with van der Waals surface area (Å²) in [5.74, 6) is 0. The second kappa shape index (κ2) is 26.6. The van der Waals surface area contributed by atoms with Crippen LogP contribution in [0.4, 0.5) is 17.1 Å². The highest BCUT2D eigenvalue weighted by Crippen LogP contribution is 2.54. The minimum Gasteiger partial charge on any atom is -0.310 e. The van der Waals surface area contributed by atoms with Crippen LogP contribution in [-0.2, 0) is 32.5 Å². The highest BCUT2D eigenvalue weighted by atomic mass is 32.2. The fourth-order valence-corrected chi connectivity index (χ4v) is 16.8. The van der Waals surface area contributed by atoms with E-state index in [4.69, 9.17) is 0 Å². The van der Waals surface area contributed by atoms with Crippen molar-refractivity contribution in [2.24, 2.45) is 0 Å². The van der Waals surface area contributed by atoms with E-state index in [0.717, 1.165) is 5.69 Å². The number of hydrogen-bond donors (Lipinski definition) is 0. The zero-order valence-electron chi connectivity index (χ0n) is 65.0. The summed E-state index contributed by atoms with van der Waals surface area (Å²) in [4.78, 5) is 5.38. The van der Waals surface area contributed by atoms with Gasteiger partial charge in [0.2, 0.25) is 6.71 Å². The monoisotopic (exact) mass is 1380 g/mol. The van der Waals surface area contributed by atoms with Crippen molar-refractivity contribution in [3.05, 3.63) is 312 Å². The van der Waals surface area contributed by atoms with Gasteiger partial charge in [0, 0.05) is 32.3 Å². The van der Waals surface area contributed by atoms with Crippen LogP contribution >= 0.6 is 11.8 Å². The van der Waals surface area contributed by atoms with Gasteiger partial charge < -0.3 is 4.90 Å². The number of anilines is 3. The van der Waals surface area contributed by atoms with Crippen molar-refractivity contribution in [1.82, 2.24) is 0 Å². The molecule has 0 saturated carbocycles.